The van der Waals surface area contributed by atoms with Gasteiger partial charge in [0.25, 0.3) is 0 Å². The molecule has 1 aromatic carbocycles. The number of rotatable bonds is 5. The molecule has 1 saturated heterocycles. The number of halogens is 1. The summed E-state index contributed by atoms with van der Waals surface area (Å²) in [6.45, 7) is 8.59. The fraction of sp³-hybridized carbons (Fsp3) is 0.625. The Morgan fingerprint density at radius 2 is 2.20 bits per heavy atom. The van der Waals surface area contributed by atoms with Crippen molar-refractivity contribution in [3.8, 4) is 0 Å². The van der Waals surface area contributed by atoms with Crippen LogP contribution in [0.3, 0.4) is 0 Å². The number of ether oxygens (including phenoxy) is 1. The quantitative estimate of drug-likeness (QED) is 0.897. The van der Waals surface area contributed by atoms with Crippen LogP contribution in [0.2, 0.25) is 0 Å². The SMILES string of the molecule is CCCNC(C)c1cc(F)ccc1N1CCCOCC1. The van der Waals surface area contributed by atoms with Gasteiger partial charge in [0, 0.05) is 31.4 Å². The van der Waals surface area contributed by atoms with Crippen molar-refractivity contribution in [1.82, 2.24) is 5.32 Å². The zero-order valence-electron chi connectivity index (χ0n) is 12.5. The molecule has 1 aliphatic heterocycles. The summed E-state index contributed by atoms with van der Waals surface area (Å²) >= 11 is 0. The highest BCUT2D eigenvalue weighted by Crippen LogP contribution is 2.28. The first-order valence-corrected chi connectivity index (χ1v) is 7.58. The fourth-order valence-corrected chi connectivity index (χ4v) is 2.62. The molecule has 2 rings (SSSR count). The van der Waals surface area contributed by atoms with Gasteiger partial charge in [-0.25, -0.2) is 4.39 Å². The van der Waals surface area contributed by atoms with Gasteiger partial charge in [-0.2, -0.15) is 0 Å². The number of nitrogens with zero attached hydrogens (tertiary/aromatic N) is 1. The van der Waals surface area contributed by atoms with Crippen LogP contribution in [0.15, 0.2) is 18.2 Å². The lowest BCUT2D eigenvalue weighted by Crippen LogP contribution is -2.29. The van der Waals surface area contributed by atoms with Gasteiger partial charge in [0.15, 0.2) is 0 Å². The van der Waals surface area contributed by atoms with Gasteiger partial charge >= 0.3 is 0 Å². The average molecular weight is 280 g/mol. The largest absolute Gasteiger partial charge is 0.380 e. The van der Waals surface area contributed by atoms with E-state index in [0.29, 0.717) is 0 Å². The van der Waals surface area contributed by atoms with Crippen molar-refractivity contribution in [2.75, 3.05) is 37.7 Å². The third-order valence-corrected chi connectivity index (χ3v) is 3.72. The van der Waals surface area contributed by atoms with Gasteiger partial charge in [0.05, 0.1) is 6.61 Å². The first-order chi connectivity index (χ1) is 9.72. The molecule has 3 nitrogen and oxygen atoms in total. The summed E-state index contributed by atoms with van der Waals surface area (Å²) in [7, 11) is 0. The van der Waals surface area contributed by atoms with E-state index in [0.717, 1.165) is 56.9 Å². The van der Waals surface area contributed by atoms with Crippen LogP contribution in [0, 0.1) is 5.82 Å². The Bertz CT molecular complexity index is 417. The van der Waals surface area contributed by atoms with Crippen molar-refractivity contribution < 1.29 is 9.13 Å². The molecule has 1 N–H and O–H groups in total. The molecule has 1 atom stereocenters. The Morgan fingerprint density at radius 1 is 1.35 bits per heavy atom. The Hall–Kier alpha value is -1.13. The van der Waals surface area contributed by atoms with Crippen LogP contribution in [0.5, 0.6) is 0 Å². The summed E-state index contributed by atoms with van der Waals surface area (Å²) < 4.78 is 19.1. The second kappa shape index (κ2) is 7.60. The van der Waals surface area contributed by atoms with E-state index in [-0.39, 0.29) is 11.9 Å². The minimum absolute atomic E-state index is 0.157. The molecule has 1 fully saturated rings. The zero-order chi connectivity index (χ0) is 14.4. The molecule has 1 aromatic rings. The third kappa shape index (κ3) is 3.93. The van der Waals surface area contributed by atoms with Gasteiger partial charge in [0.2, 0.25) is 0 Å². The summed E-state index contributed by atoms with van der Waals surface area (Å²) in [4.78, 5) is 2.31. The normalized spacial score (nSPS) is 17.9. The highest BCUT2D eigenvalue weighted by Gasteiger charge is 2.17. The molecular weight excluding hydrogens is 255 g/mol. The topological polar surface area (TPSA) is 24.5 Å². The number of benzene rings is 1. The predicted octanol–water partition coefficient (Wildman–Crippen LogP) is 3.11. The second-order valence-corrected chi connectivity index (χ2v) is 5.33. The van der Waals surface area contributed by atoms with Crippen LogP contribution in [-0.2, 0) is 4.74 Å². The van der Waals surface area contributed by atoms with Crippen LogP contribution in [0.25, 0.3) is 0 Å². The molecule has 1 aliphatic rings. The lowest BCUT2D eigenvalue weighted by molar-refractivity contribution is 0.152. The molecule has 0 saturated carbocycles. The smallest absolute Gasteiger partial charge is 0.123 e. The highest BCUT2D eigenvalue weighted by molar-refractivity contribution is 5.55. The Labute approximate surface area is 121 Å². The Balaban J connectivity index is 2.21. The monoisotopic (exact) mass is 280 g/mol. The molecule has 0 amide bonds. The first-order valence-electron chi connectivity index (χ1n) is 7.58. The number of hydrogen-bond donors (Lipinski definition) is 1. The van der Waals surface area contributed by atoms with Gasteiger partial charge < -0.3 is 15.0 Å². The van der Waals surface area contributed by atoms with Crippen LogP contribution in [0.4, 0.5) is 10.1 Å². The van der Waals surface area contributed by atoms with E-state index >= 15 is 0 Å². The van der Waals surface area contributed by atoms with Crippen molar-refractivity contribution in [2.24, 2.45) is 0 Å². The number of hydrogen-bond acceptors (Lipinski definition) is 3. The van der Waals surface area contributed by atoms with Crippen molar-refractivity contribution >= 4 is 5.69 Å². The maximum atomic E-state index is 13.6. The van der Waals surface area contributed by atoms with Crippen molar-refractivity contribution in [2.45, 2.75) is 32.7 Å². The van der Waals surface area contributed by atoms with Crippen molar-refractivity contribution in [3.63, 3.8) is 0 Å². The molecule has 1 heterocycles. The molecule has 0 bridgehead atoms. The minimum atomic E-state index is -0.167. The Kier molecular flexibility index (Phi) is 5.80. The van der Waals surface area contributed by atoms with E-state index in [9.17, 15) is 4.39 Å². The lowest BCUT2D eigenvalue weighted by atomic mass is 10.0. The van der Waals surface area contributed by atoms with Crippen LogP contribution < -0.4 is 10.2 Å². The van der Waals surface area contributed by atoms with Gasteiger partial charge in [0.1, 0.15) is 5.82 Å². The summed E-state index contributed by atoms with van der Waals surface area (Å²) in [5, 5.41) is 3.45. The van der Waals surface area contributed by atoms with E-state index in [1.807, 2.05) is 6.07 Å². The molecule has 0 aromatic heterocycles. The Morgan fingerprint density at radius 3 is 3.00 bits per heavy atom. The molecule has 0 radical (unpaired) electrons. The van der Waals surface area contributed by atoms with Crippen LogP contribution in [0.1, 0.15) is 38.3 Å². The highest BCUT2D eigenvalue weighted by atomic mass is 19.1. The maximum absolute atomic E-state index is 13.6. The molecule has 1 unspecified atom stereocenters. The second-order valence-electron chi connectivity index (χ2n) is 5.33. The van der Waals surface area contributed by atoms with Gasteiger partial charge in [-0.15, -0.1) is 0 Å². The number of nitrogens with one attached hydrogen (secondary N) is 1. The summed E-state index contributed by atoms with van der Waals surface area (Å²) in [5.74, 6) is -0.167. The van der Waals surface area contributed by atoms with Gasteiger partial charge in [-0.1, -0.05) is 6.92 Å². The third-order valence-electron chi connectivity index (χ3n) is 3.72. The van der Waals surface area contributed by atoms with Crippen LogP contribution >= 0.6 is 0 Å². The van der Waals surface area contributed by atoms with E-state index in [1.165, 1.54) is 0 Å². The fourth-order valence-electron chi connectivity index (χ4n) is 2.62. The molecule has 112 valence electrons. The maximum Gasteiger partial charge on any atom is 0.123 e. The van der Waals surface area contributed by atoms with Crippen molar-refractivity contribution in [1.29, 1.82) is 0 Å². The lowest BCUT2D eigenvalue weighted by Gasteiger charge is -2.27. The average Bonchev–Trinajstić information content (AvgIpc) is 2.73. The van der Waals surface area contributed by atoms with E-state index in [2.05, 4.69) is 24.1 Å². The summed E-state index contributed by atoms with van der Waals surface area (Å²) in [6.07, 6.45) is 2.10. The predicted molar refractivity (Wildman–Crippen MR) is 80.8 cm³/mol. The summed E-state index contributed by atoms with van der Waals surface area (Å²) in [6, 6.07) is 5.27. The van der Waals surface area contributed by atoms with Crippen LogP contribution in [-0.4, -0.2) is 32.8 Å². The minimum Gasteiger partial charge on any atom is -0.380 e. The van der Waals surface area contributed by atoms with Gasteiger partial charge in [-0.3, -0.25) is 0 Å². The zero-order valence-corrected chi connectivity index (χ0v) is 12.5. The van der Waals surface area contributed by atoms with E-state index in [1.54, 1.807) is 12.1 Å². The van der Waals surface area contributed by atoms with Gasteiger partial charge in [-0.05, 0) is 50.1 Å². The molecule has 0 aliphatic carbocycles. The molecule has 4 heteroatoms. The van der Waals surface area contributed by atoms with E-state index in [4.69, 9.17) is 4.74 Å². The molecular formula is C16H25FN2O. The molecule has 20 heavy (non-hydrogen) atoms. The first kappa shape index (κ1) is 15.3. The standard InChI is InChI=1S/C16H25FN2O/c1-3-7-18-13(2)15-12-14(17)5-6-16(15)19-8-4-10-20-11-9-19/h5-6,12-13,18H,3-4,7-11H2,1-2H3. The van der Waals surface area contributed by atoms with Crippen molar-refractivity contribution in [3.05, 3.63) is 29.6 Å². The number of anilines is 1. The van der Waals surface area contributed by atoms with E-state index < -0.39 is 0 Å². The molecule has 0 spiro atoms. The summed E-state index contributed by atoms with van der Waals surface area (Å²) in [5.41, 5.74) is 2.17.